The second-order valence-corrected chi connectivity index (χ2v) is 11.3. The summed E-state index contributed by atoms with van der Waals surface area (Å²) in [6, 6.07) is 22.5. The van der Waals surface area contributed by atoms with Gasteiger partial charge in [-0.05, 0) is 34.9 Å². The van der Waals surface area contributed by atoms with Crippen LogP contribution >= 0.6 is 11.3 Å². The van der Waals surface area contributed by atoms with Crippen LogP contribution in [0.3, 0.4) is 0 Å². The van der Waals surface area contributed by atoms with Gasteiger partial charge in [-0.1, -0.05) is 65.9 Å². The topological polar surface area (TPSA) is 80.6 Å². The van der Waals surface area contributed by atoms with Crippen LogP contribution in [0.1, 0.15) is 16.7 Å². The first-order valence-electron chi connectivity index (χ1n) is 11.5. The van der Waals surface area contributed by atoms with Crippen LogP contribution < -0.4 is 9.60 Å². The van der Waals surface area contributed by atoms with Crippen molar-refractivity contribution in [3.05, 3.63) is 99.2 Å². The number of nitrogens with zero attached hydrogens (tertiary/aromatic N) is 2. The minimum absolute atomic E-state index is 0.108. The normalized spacial score (nSPS) is 15.0. The zero-order chi connectivity index (χ0) is 24.3. The molecule has 1 saturated heterocycles. The van der Waals surface area contributed by atoms with Crippen LogP contribution in [-0.4, -0.2) is 44.2 Å². The Morgan fingerprint density at radius 2 is 1.60 bits per heavy atom. The monoisotopic (exact) mass is 509 g/mol. The Morgan fingerprint density at radius 3 is 2.37 bits per heavy atom. The van der Waals surface area contributed by atoms with Crippen molar-refractivity contribution in [1.82, 2.24) is 14.2 Å². The Kier molecular flexibility index (Phi) is 7.12. The maximum atomic E-state index is 13.1. The van der Waals surface area contributed by atoms with Crippen LogP contribution in [0.25, 0.3) is 10.2 Å². The molecule has 2 heterocycles. The number of hydrogen-bond donors (Lipinski definition) is 1. The number of thiazole rings is 1. The number of hydrogen-bond acceptors (Lipinski definition) is 6. The quantitative estimate of drug-likeness (QED) is 0.394. The lowest BCUT2D eigenvalue weighted by Gasteiger charge is -2.27. The van der Waals surface area contributed by atoms with Crippen LogP contribution in [-0.2, 0) is 34.4 Å². The highest BCUT2D eigenvalue weighted by Gasteiger charge is 2.18. The van der Waals surface area contributed by atoms with Crippen molar-refractivity contribution in [3.63, 3.8) is 0 Å². The number of benzene rings is 3. The van der Waals surface area contributed by atoms with Crippen molar-refractivity contribution in [3.8, 4) is 0 Å². The third-order valence-corrected chi connectivity index (χ3v) is 8.54. The first-order chi connectivity index (χ1) is 17.0. The van der Waals surface area contributed by atoms with E-state index in [2.05, 4.69) is 9.62 Å². The molecule has 9 heteroatoms. The Morgan fingerprint density at radius 1 is 0.886 bits per heavy atom. The maximum Gasteiger partial charge on any atom is 0.308 e. The van der Waals surface area contributed by atoms with Gasteiger partial charge in [0.15, 0.2) is 0 Å². The van der Waals surface area contributed by atoms with Crippen LogP contribution in [0, 0.1) is 0 Å². The fourth-order valence-electron chi connectivity index (χ4n) is 4.27. The number of fused-ring (bicyclic) bond motifs is 1. The average molecular weight is 510 g/mol. The first-order valence-corrected chi connectivity index (χ1v) is 13.8. The maximum absolute atomic E-state index is 13.1. The van der Waals surface area contributed by atoms with Crippen LogP contribution in [0.4, 0.5) is 0 Å². The number of nitrogens with one attached hydrogen (secondary N) is 1. The summed E-state index contributed by atoms with van der Waals surface area (Å²) in [6.45, 7) is 4.58. The highest BCUT2D eigenvalue weighted by molar-refractivity contribution is 7.89. The Hall–Kier alpha value is -2.82. The SMILES string of the molecule is O=c1sc2cc(S(=O)(=O)NCc3ccccc3CN3CCOCC3)ccc2n1Cc1ccccc1. The zero-order valence-corrected chi connectivity index (χ0v) is 20.9. The van der Waals surface area contributed by atoms with Gasteiger partial charge >= 0.3 is 4.87 Å². The third-order valence-electron chi connectivity index (χ3n) is 6.20. The second kappa shape index (κ2) is 10.4. The third kappa shape index (κ3) is 5.55. The van der Waals surface area contributed by atoms with Crippen LogP contribution in [0.15, 0.2) is 82.5 Å². The molecule has 1 fully saturated rings. The molecular formula is C26H27N3O4S2. The van der Waals surface area contributed by atoms with Crippen molar-refractivity contribution >= 4 is 31.6 Å². The molecule has 1 aromatic heterocycles. The van der Waals surface area contributed by atoms with Gasteiger partial charge in [-0.15, -0.1) is 0 Å². The Bertz CT molecular complexity index is 1470. The number of morpholine rings is 1. The van der Waals surface area contributed by atoms with E-state index in [-0.39, 0.29) is 16.3 Å². The zero-order valence-electron chi connectivity index (χ0n) is 19.2. The number of ether oxygens (including phenoxy) is 1. The predicted octanol–water partition coefficient (Wildman–Crippen LogP) is 3.42. The van der Waals surface area contributed by atoms with Gasteiger partial charge in [-0.25, -0.2) is 13.1 Å². The van der Waals surface area contributed by atoms with E-state index in [0.717, 1.165) is 66.4 Å². The summed E-state index contributed by atoms with van der Waals surface area (Å²) in [5.41, 5.74) is 3.80. The van der Waals surface area contributed by atoms with Gasteiger partial charge in [0.2, 0.25) is 10.0 Å². The highest BCUT2D eigenvalue weighted by Crippen LogP contribution is 2.23. The molecule has 5 rings (SSSR count). The van der Waals surface area contributed by atoms with E-state index in [1.54, 1.807) is 22.8 Å². The molecule has 182 valence electrons. The predicted molar refractivity (Wildman–Crippen MR) is 138 cm³/mol. The summed E-state index contributed by atoms with van der Waals surface area (Å²) in [5, 5.41) is 0. The summed E-state index contributed by atoms with van der Waals surface area (Å²) in [7, 11) is -3.75. The van der Waals surface area contributed by atoms with Crippen molar-refractivity contribution in [2.45, 2.75) is 24.5 Å². The molecular weight excluding hydrogens is 482 g/mol. The minimum Gasteiger partial charge on any atom is -0.379 e. The summed E-state index contributed by atoms with van der Waals surface area (Å²) in [5.74, 6) is 0. The van der Waals surface area contributed by atoms with Crippen molar-refractivity contribution in [2.24, 2.45) is 0 Å². The summed E-state index contributed by atoms with van der Waals surface area (Å²) < 4.78 is 36.7. The van der Waals surface area contributed by atoms with Gasteiger partial charge in [-0.2, -0.15) is 0 Å². The Balaban J connectivity index is 1.33. The smallest absolute Gasteiger partial charge is 0.308 e. The molecule has 0 bridgehead atoms. The molecule has 1 aliphatic rings. The van der Waals surface area contributed by atoms with Gasteiger partial charge in [-0.3, -0.25) is 14.3 Å². The minimum atomic E-state index is -3.75. The van der Waals surface area contributed by atoms with Gasteiger partial charge < -0.3 is 4.74 Å². The standard InChI is InChI=1S/C26H27N3O4S2/c30-26-29(18-20-6-2-1-3-7-20)24-11-10-23(16-25(24)34-26)35(31,32)27-17-21-8-4-5-9-22(21)19-28-12-14-33-15-13-28/h1-11,16,27H,12-15,17-19H2. The fourth-order valence-corrected chi connectivity index (χ4v) is 6.31. The van der Waals surface area contributed by atoms with Gasteiger partial charge in [0.05, 0.1) is 34.9 Å². The largest absolute Gasteiger partial charge is 0.379 e. The van der Waals surface area contributed by atoms with E-state index in [0.29, 0.717) is 11.2 Å². The lowest BCUT2D eigenvalue weighted by atomic mass is 10.1. The number of sulfonamides is 1. The molecule has 0 atom stereocenters. The van der Waals surface area contributed by atoms with Crippen molar-refractivity contribution in [2.75, 3.05) is 26.3 Å². The van der Waals surface area contributed by atoms with E-state index in [1.165, 1.54) is 0 Å². The molecule has 3 aromatic carbocycles. The molecule has 1 N–H and O–H groups in total. The highest BCUT2D eigenvalue weighted by atomic mass is 32.2. The van der Waals surface area contributed by atoms with E-state index in [9.17, 15) is 13.2 Å². The molecule has 4 aromatic rings. The van der Waals surface area contributed by atoms with Gasteiger partial charge in [0.1, 0.15) is 0 Å². The van der Waals surface area contributed by atoms with E-state index in [1.807, 2.05) is 54.6 Å². The molecule has 0 amide bonds. The molecule has 35 heavy (non-hydrogen) atoms. The number of rotatable bonds is 8. The van der Waals surface area contributed by atoms with Gasteiger partial charge in [0.25, 0.3) is 0 Å². The molecule has 0 spiro atoms. The summed E-state index contributed by atoms with van der Waals surface area (Å²) in [6.07, 6.45) is 0. The molecule has 0 aliphatic carbocycles. The van der Waals surface area contributed by atoms with Crippen LogP contribution in [0.2, 0.25) is 0 Å². The molecule has 1 aliphatic heterocycles. The van der Waals surface area contributed by atoms with Crippen LogP contribution in [0.5, 0.6) is 0 Å². The molecule has 0 radical (unpaired) electrons. The lowest BCUT2D eigenvalue weighted by Crippen LogP contribution is -2.36. The molecule has 7 nitrogen and oxygen atoms in total. The fraction of sp³-hybridized carbons (Fsp3) is 0.269. The van der Waals surface area contributed by atoms with Crippen molar-refractivity contribution < 1.29 is 13.2 Å². The molecule has 0 saturated carbocycles. The average Bonchev–Trinajstić information content (AvgIpc) is 3.19. The van der Waals surface area contributed by atoms with Crippen molar-refractivity contribution in [1.29, 1.82) is 0 Å². The Labute approximate surface area is 208 Å². The second-order valence-electron chi connectivity index (χ2n) is 8.55. The van der Waals surface area contributed by atoms with E-state index >= 15 is 0 Å². The van der Waals surface area contributed by atoms with E-state index in [4.69, 9.17) is 4.74 Å². The summed E-state index contributed by atoms with van der Waals surface area (Å²) >= 11 is 1.06. The molecule has 0 unspecified atom stereocenters. The first kappa shape index (κ1) is 23.9. The summed E-state index contributed by atoms with van der Waals surface area (Å²) in [4.78, 5) is 15.0. The lowest BCUT2D eigenvalue weighted by molar-refractivity contribution is 0.0341. The van der Waals surface area contributed by atoms with E-state index < -0.39 is 10.0 Å². The van der Waals surface area contributed by atoms with Gasteiger partial charge in [0, 0.05) is 26.2 Å². The number of aromatic nitrogens is 1.